The molecule has 5 aliphatic carbocycles. The van der Waals surface area contributed by atoms with Gasteiger partial charge in [-0.1, -0.05) is 36.0 Å². The molecule has 34 heavy (non-hydrogen) atoms. The number of fused-ring (bicyclic) bond motifs is 4. The fraction of sp³-hybridized carbons (Fsp3) is 0.806. The van der Waals surface area contributed by atoms with Crippen LogP contribution in [-0.4, -0.2) is 30.6 Å². The van der Waals surface area contributed by atoms with Gasteiger partial charge in [-0.2, -0.15) is 0 Å². The SMILES string of the molecule is C1=CC2NC(C3CCC(C4CCC5OC6C(C7=CCCCC7)CC=CC6C5C4)CC3)OC2CC1. The third kappa shape index (κ3) is 4.08. The zero-order valence-corrected chi connectivity index (χ0v) is 21.0. The molecule has 0 aromatic rings. The van der Waals surface area contributed by atoms with Crippen LogP contribution in [-0.2, 0) is 9.47 Å². The summed E-state index contributed by atoms with van der Waals surface area (Å²) < 4.78 is 13.3. The Morgan fingerprint density at radius 2 is 1.65 bits per heavy atom. The predicted octanol–water partition coefficient (Wildman–Crippen LogP) is 6.70. The van der Waals surface area contributed by atoms with Crippen molar-refractivity contribution in [2.75, 3.05) is 0 Å². The molecule has 0 bridgehead atoms. The summed E-state index contributed by atoms with van der Waals surface area (Å²) in [4.78, 5) is 0. The molecule has 2 heterocycles. The number of rotatable bonds is 3. The molecule has 0 radical (unpaired) electrons. The van der Waals surface area contributed by atoms with E-state index in [1.165, 1.54) is 89.9 Å². The lowest BCUT2D eigenvalue weighted by atomic mass is 9.64. The van der Waals surface area contributed by atoms with Gasteiger partial charge in [0.1, 0.15) is 6.23 Å². The maximum atomic E-state index is 6.88. The summed E-state index contributed by atoms with van der Waals surface area (Å²) >= 11 is 0. The average Bonchev–Trinajstić information content (AvgIpc) is 3.50. The third-order valence-corrected chi connectivity index (χ3v) is 11.0. The average molecular weight is 464 g/mol. The Labute approximate surface area is 206 Å². The first-order valence-electron chi connectivity index (χ1n) is 14.9. The normalized spacial score (nSPS) is 50.4. The highest BCUT2D eigenvalue weighted by molar-refractivity contribution is 5.20. The van der Waals surface area contributed by atoms with E-state index in [0.717, 1.165) is 23.7 Å². The van der Waals surface area contributed by atoms with E-state index < -0.39 is 0 Å². The van der Waals surface area contributed by atoms with Crippen molar-refractivity contribution in [3.8, 4) is 0 Å². The van der Waals surface area contributed by atoms with Gasteiger partial charge < -0.3 is 9.47 Å². The molecule has 0 aromatic carbocycles. The van der Waals surface area contributed by atoms with Gasteiger partial charge >= 0.3 is 0 Å². The van der Waals surface area contributed by atoms with Crippen molar-refractivity contribution in [1.29, 1.82) is 0 Å². The summed E-state index contributed by atoms with van der Waals surface area (Å²) in [6.07, 6.45) is 32.8. The zero-order chi connectivity index (χ0) is 22.5. The van der Waals surface area contributed by atoms with Crippen LogP contribution in [0.5, 0.6) is 0 Å². The van der Waals surface area contributed by atoms with Gasteiger partial charge in [-0.05, 0) is 114 Å². The van der Waals surface area contributed by atoms with Crippen LogP contribution in [0.2, 0.25) is 0 Å². The molecule has 2 saturated heterocycles. The molecule has 0 spiro atoms. The molecule has 7 aliphatic rings. The Balaban J connectivity index is 0.962. The summed E-state index contributed by atoms with van der Waals surface area (Å²) in [6, 6.07) is 0.471. The number of hydrogen-bond donors (Lipinski definition) is 1. The molecule has 2 saturated carbocycles. The molecular formula is C31H45NO2. The standard InChI is InChI=1S/C31H45NO2/c1-2-7-21(8-3-1)24-9-6-10-25-26-19-23(17-18-28(26)33-30(24)25)20-13-15-22(16-14-20)31-32-27-11-4-5-12-29(27)34-31/h4,6-7,10-11,20,22-32H,1-3,5,8-9,12-19H2. The first-order valence-corrected chi connectivity index (χ1v) is 14.9. The first kappa shape index (κ1) is 22.3. The molecule has 0 amide bonds. The van der Waals surface area contributed by atoms with Crippen LogP contribution in [0, 0.1) is 35.5 Å². The van der Waals surface area contributed by atoms with Crippen LogP contribution in [0.4, 0.5) is 0 Å². The Morgan fingerprint density at radius 3 is 2.50 bits per heavy atom. The summed E-state index contributed by atoms with van der Waals surface area (Å²) in [5.41, 5.74) is 1.73. The second-order valence-corrected chi connectivity index (χ2v) is 12.7. The highest BCUT2D eigenvalue weighted by Crippen LogP contribution is 2.53. The van der Waals surface area contributed by atoms with E-state index in [-0.39, 0.29) is 0 Å². The summed E-state index contributed by atoms with van der Waals surface area (Å²) in [7, 11) is 0. The van der Waals surface area contributed by atoms with Crippen molar-refractivity contribution in [3.05, 3.63) is 36.0 Å². The topological polar surface area (TPSA) is 30.5 Å². The van der Waals surface area contributed by atoms with Crippen LogP contribution >= 0.6 is 0 Å². The number of ether oxygens (including phenoxy) is 2. The van der Waals surface area contributed by atoms with E-state index in [1.807, 2.05) is 0 Å². The van der Waals surface area contributed by atoms with E-state index in [2.05, 4.69) is 35.7 Å². The van der Waals surface area contributed by atoms with Gasteiger partial charge in [0.25, 0.3) is 0 Å². The Bertz CT molecular complexity index is 823. The van der Waals surface area contributed by atoms with E-state index in [4.69, 9.17) is 9.47 Å². The molecule has 186 valence electrons. The fourth-order valence-corrected chi connectivity index (χ4v) is 9.15. The quantitative estimate of drug-likeness (QED) is 0.472. The molecular weight excluding hydrogens is 418 g/mol. The predicted molar refractivity (Wildman–Crippen MR) is 136 cm³/mol. The second-order valence-electron chi connectivity index (χ2n) is 12.7. The molecule has 1 N–H and O–H groups in total. The molecule has 0 aromatic heterocycles. The Kier molecular flexibility index (Phi) is 6.25. The summed E-state index contributed by atoms with van der Waals surface area (Å²) in [5.74, 6) is 4.71. The van der Waals surface area contributed by atoms with Crippen molar-refractivity contribution in [2.45, 2.75) is 120 Å². The summed E-state index contributed by atoms with van der Waals surface area (Å²) in [6.45, 7) is 0. The maximum Gasteiger partial charge on any atom is 0.111 e. The second kappa shape index (κ2) is 9.52. The fourth-order valence-electron chi connectivity index (χ4n) is 9.15. The molecule has 4 fully saturated rings. The lowest BCUT2D eigenvalue weighted by molar-refractivity contribution is -0.0282. The minimum Gasteiger partial charge on any atom is -0.373 e. The van der Waals surface area contributed by atoms with E-state index >= 15 is 0 Å². The third-order valence-electron chi connectivity index (χ3n) is 11.0. The first-order chi connectivity index (χ1) is 16.8. The lowest BCUT2D eigenvalue weighted by Gasteiger charge is -2.41. The molecule has 3 heteroatoms. The van der Waals surface area contributed by atoms with Gasteiger partial charge in [0.2, 0.25) is 0 Å². The van der Waals surface area contributed by atoms with Gasteiger partial charge in [0.15, 0.2) is 0 Å². The van der Waals surface area contributed by atoms with Crippen LogP contribution in [0.3, 0.4) is 0 Å². The van der Waals surface area contributed by atoms with Crippen molar-refractivity contribution in [1.82, 2.24) is 5.32 Å². The number of nitrogens with one attached hydrogen (secondary N) is 1. The van der Waals surface area contributed by atoms with Crippen molar-refractivity contribution in [3.63, 3.8) is 0 Å². The minimum atomic E-state index is 0.303. The van der Waals surface area contributed by atoms with Gasteiger partial charge in [0, 0.05) is 11.8 Å². The molecule has 9 atom stereocenters. The maximum absolute atomic E-state index is 6.88. The Hall–Kier alpha value is -0.900. The van der Waals surface area contributed by atoms with Crippen LogP contribution in [0.1, 0.15) is 89.9 Å². The van der Waals surface area contributed by atoms with E-state index in [1.54, 1.807) is 5.57 Å². The zero-order valence-electron chi connectivity index (χ0n) is 21.0. The van der Waals surface area contributed by atoms with Gasteiger partial charge in [0.05, 0.1) is 24.4 Å². The van der Waals surface area contributed by atoms with Gasteiger partial charge in [-0.25, -0.2) is 0 Å². The molecule has 9 unspecified atom stereocenters. The monoisotopic (exact) mass is 463 g/mol. The molecule has 7 rings (SSSR count). The largest absolute Gasteiger partial charge is 0.373 e. The molecule has 3 nitrogen and oxygen atoms in total. The number of allylic oxidation sites excluding steroid dienone is 3. The van der Waals surface area contributed by atoms with Gasteiger partial charge in [-0.15, -0.1) is 0 Å². The summed E-state index contributed by atoms with van der Waals surface area (Å²) in [5, 5.41) is 3.81. The highest BCUT2D eigenvalue weighted by Gasteiger charge is 2.51. The highest BCUT2D eigenvalue weighted by atomic mass is 16.5. The van der Waals surface area contributed by atoms with E-state index in [9.17, 15) is 0 Å². The van der Waals surface area contributed by atoms with Crippen molar-refractivity contribution in [2.24, 2.45) is 35.5 Å². The van der Waals surface area contributed by atoms with Crippen LogP contribution < -0.4 is 5.32 Å². The smallest absolute Gasteiger partial charge is 0.111 e. The minimum absolute atomic E-state index is 0.303. The lowest BCUT2D eigenvalue weighted by Crippen LogP contribution is -2.39. The number of hydrogen-bond acceptors (Lipinski definition) is 3. The van der Waals surface area contributed by atoms with Crippen molar-refractivity contribution >= 4 is 0 Å². The van der Waals surface area contributed by atoms with Gasteiger partial charge in [-0.3, -0.25) is 5.32 Å². The van der Waals surface area contributed by atoms with Crippen LogP contribution in [0.25, 0.3) is 0 Å². The Morgan fingerprint density at radius 1 is 0.765 bits per heavy atom. The van der Waals surface area contributed by atoms with Crippen LogP contribution in [0.15, 0.2) is 36.0 Å². The molecule has 2 aliphatic heterocycles. The van der Waals surface area contributed by atoms with E-state index in [0.29, 0.717) is 42.4 Å². The van der Waals surface area contributed by atoms with Crippen molar-refractivity contribution < 1.29 is 9.47 Å².